The zero-order valence-electron chi connectivity index (χ0n) is 10.0. The molecule has 2 heterocycles. The quantitative estimate of drug-likeness (QED) is 0.699. The number of fused-ring (bicyclic) bond motifs is 2. The predicted molar refractivity (Wildman–Crippen MR) is 59.3 cm³/mol. The molecule has 0 saturated carbocycles. The number of hydrogen-bond acceptors (Lipinski definition) is 5. The Labute approximate surface area is 101 Å². The van der Waals surface area contributed by atoms with E-state index in [9.17, 15) is 15.0 Å². The first-order valence-electron chi connectivity index (χ1n) is 6.24. The van der Waals surface area contributed by atoms with Gasteiger partial charge in [0.25, 0.3) is 0 Å². The molecule has 2 aliphatic rings. The van der Waals surface area contributed by atoms with Crippen LogP contribution in [0.3, 0.4) is 0 Å². The van der Waals surface area contributed by atoms with Gasteiger partial charge < -0.3 is 19.7 Å². The zero-order chi connectivity index (χ0) is 12.4. The second kappa shape index (κ2) is 5.33. The zero-order valence-corrected chi connectivity index (χ0v) is 10.0. The molecule has 5 heteroatoms. The van der Waals surface area contributed by atoms with E-state index in [4.69, 9.17) is 9.47 Å². The molecule has 0 unspecified atom stereocenters. The van der Waals surface area contributed by atoms with Crippen LogP contribution < -0.4 is 0 Å². The normalized spacial score (nSPS) is 36.2. The minimum atomic E-state index is -0.561. The summed E-state index contributed by atoms with van der Waals surface area (Å²) in [5.41, 5.74) is 0. The Hall–Kier alpha value is -0.650. The second-order valence-electron chi connectivity index (χ2n) is 5.14. The van der Waals surface area contributed by atoms with Gasteiger partial charge in [-0.15, -0.1) is 0 Å². The van der Waals surface area contributed by atoms with Crippen LogP contribution in [-0.2, 0) is 14.3 Å². The fourth-order valence-electron chi connectivity index (χ4n) is 2.66. The summed E-state index contributed by atoms with van der Waals surface area (Å²) in [6.45, 7) is 1.65. The van der Waals surface area contributed by atoms with Gasteiger partial charge in [0.15, 0.2) is 0 Å². The molecule has 0 spiro atoms. The summed E-state index contributed by atoms with van der Waals surface area (Å²) in [4.78, 5) is 11.2. The van der Waals surface area contributed by atoms with E-state index in [-0.39, 0.29) is 24.3 Å². The predicted octanol–water partition coefficient (Wildman–Crippen LogP) is 0.371. The van der Waals surface area contributed by atoms with E-state index < -0.39 is 12.2 Å². The molecule has 5 atom stereocenters. The fraction of sp³-hybridized carbons (Fsp3) is 0.917. The van der Waals surface area contributed by atoms with E-state index in [0.717, 1.165) is 6.42 Å². The Morgan fingerprint density at radius 1 is 1.35 bits per heavy atom. The summed E-state index contributed by atoms with van der Waals surface area (Å²) in [6, 6.07) is 0. The van der Waals surface area contributed by atoms with Gasteiger partial charge in [-0.3, -0.25) is 4.79 Å². The molecule has 5 nitrogen and oxygen atoms in total. The number of ether oxygens (including phenoxy) is 2. The van der Waals surface area contributed by atoms with Crippen molar-refractivity contribution < 1.29 is 24.5 Å². The Morgan fingerprint density at radius 3 is 2.76 bits per heavy atom. The van der Waals surface area contributed by atoms with Crippen molar-refractivity contribution in [2.45, 2.75) is 69.5 Å². The van der Waals surface area contributed by atoms with Crippen LogP contribution in [-0.4, -0.2) is 46.7 Å². The summed E-state index contributed by atoms with van der Waals surface area (Å²) >= 11 is 0. The lowest BCUT2D eigenvalue weighted by atomic mass is 9.93. The van der Waals surface area contributed by atoms with Gasteiger partial charge in [0, 0.05) is 12.8 Å². The molecule has 98 valence electrons. The van der Waals surface area contributed by atoms with Gasteiger partial charge >= 0.3 is 5.97 Å². The van der Waals surface area contributed by atoms with Crippen LogP contribution in [0.25, 0.3) is 0 Å². The van der Waals surface area contributed by atoms with Crippen molar-refractivity contribution in [3.05, 3.63) is 0 Å². The summed E-state index contributed by atoms with van der Waals surface area (Å²) in [6.07, 6.45) is 1.34. The topological polar surface area (TPSA) is 76.0 Å². The molecular formula is C12H20O5. The third-order valence-corrected chi connectivity index (χ3v) is 3.28. The maximum Gasteiger partial charge on any atom is 0.308 e. The average molecular weight is 244 g/mol. The highest BCUT2D eigenvalue weighted by atomic mass is 16.6. The van der Waals surface area contributed by atoms with Crippen LogP contribution >= 0.6 is 0 Å². The largest absolute Gasteiger partial charge is 0.462 e. The van der Waals surface area contributed by atoms with E-state index >= 15 is 0 Å². The molecule has 2 saturated heterocycles. The second-order valence-corrected chi connectivity index (χ2v) is 5.14. The number of esters is 1. The first-order valence-corrected chi connectivity index (χ1v) is 6.24. The van der Waals surface area contributed by atoms with Gasteiger partial charge in [-0.05, 0) is 19.8 Å². The lowest BCUT2D eigenvalue weighted by Crippen LogP contribution is -2.44. The highest BCUT2D eigenvalue weighted by molar-refractivity contribution is 5.71. The maximum atomic E-state index is 11.2. The monoisotopic (exact) mass is 244 g/mol. The van der Waals surface area contributed by atoms with Crippen LogP contribution in [0.1, 0.15) is 39.0 Å². The number of carbonyl (C=O) groups is 1. The minimum Gasteiger partial charge on any atom is -0.462 e. The molecule has 0 radical (unpaired) electrons. The lowest BCUT2D eigenvalue weighted by molar-refractivity contribution is -0.186. The van der Waals surface area contributed by atoms with Crippen LogP contribution in [0.15, 0.2) is 0 Å². The highest BCUT2D eigenvalue weighted by Crippen LogP contribution is 2.31. The number of aliphatic hydroxyl groups is 2. The highest BCUT2D eigenvalue weighted by Gasteiger charge is 2.37. The standard InChI is InChI=1S/C12H20O5/c1-7(13)2-8(14)3-9-4-10-5-11(16-9)6-12(15)17-10/h7-11,13-14H,2-6H2,1H3/t7-,8-,9+,10+,11-/m0/s1. The van der Waals surface area contributed by atoms with E-state index in [2.05, 4.69) is 0 Å². The van der Waals surface area contributed by atoms with E-state index in [0.29, 0.717) is 25.7 Å². The van der Waals surface area contributed by atoms with Crippen molar-refractivity contribution in [2.75, 3.05) is 0 Å². The van der Waals surface area contributed by atoms with Crippen molar-refractivity contribution >= 4 is 5.97 Å². The van der Waals surface area contributed by atoms with Gasteiger partial charge in [-0.1, -0.05) is 0 Å². The molecule has 2 N–H and O–H groups in total. The van der Waals surface area contributed by atoms with Crippen molar-refractivity contribution in [3.8, 4) is 0 Å². The molecule has 0 aromatic heterocycles. The lowest BCUT2D eigenvalue weighted by Gasteiger charge is -2.39. The van der Waals surface area contributed by atoms with Crippen LogP contribution in [0, 0.1) is 0 Å². The number of carbonyl (C=O) groups excluding carboxylic acids is 1. The number of hydrogen-bond donors (Lipinski definition) is 2. The maximum absolute atomic E-state index is 11.2. The van der Waals surface area contributed by atoms with Crippen molar-refractivity contribution in [1.82, 2.24) is 0 Å². The molecule has 17 heavy (non-hydrogen) atoms. The minimum absolute atomic E-state index is 0.0567. The SMILES string of the molecule is C[C@H](O)C[C@H](O)C[C@@H]1C[C@@H]2C[C@@H](CC(=O)O2)O1. The Bertz CT molecular complexity index is 262. The molecule has 0 aromatic carbocycles. The van der Waals surface area contributed by atoms with E-state index in [1.54, 1.807) is 6.92 Å². The van der Waals surface area contributed by atoms with Gasteiger partial charge in [0.1, 0.15) is 6.10 Å². The summed E-state index contributed by atoms with van der Waals surface area (Å²) in [5, 5.41) is 18.9. The summed E-state index contributed by atoms with van der Waals surface area (Å²) < 4.78 is 10.9. The van der Waals surface area contributed by atoms with E-state index in [1.165, 1.54) is 0 Å². The Balaban J connectivity index is 1.81. The van der Waals surface area contributed by atoms with Gasteiger partial charge in [-0.2, -0.15) is 0 Å². The first-order chi connectivity index (χ1) is 8.02. The third-order valence-electron chi connectivity index (χ3n) is 3.28. The van der Waals surface area contributed by atoms with Gasteiger partial charge in [-0.25, -0.2) is 0 Å². The first kappa shape index (κ1) is 12.8. The molecule has 0 aliphatic carbocycles. The van der Waals surface area contributed by atoms with E-state index in [1.807, 2.05) is 0 Å². The van der Waals surface area contributed by atoms with Gasteiger partial charge in [0.05, 0.1) is 30.8 Å². The smallest absolute Gasteiger partial charge is 0.308 e. The molecule has 2 bridgehead atoms. The number of rotatable bonds is 4. The molecular weight excluding hydrogens is 224 g/mol. The van der Waals surface area contributed by atoms with Crippen LogP contribution in [0.2, 0.25) is 0 Å². The molecule has 2 rings (SSSR count). The number of aliphatic hydroxyl groups excluding tert-OH is 2. The van der Waals surface area contributed by atoms with Crippen molar-refractivity contribution in [1.29, 1.82) is 0 Å². The van der Waals surface area contributed by atoms with Crippen molar-refractivity contribution in [2.24, 2.45) is 0 Å². The Kier molecular flexibility index (Phi) is 4.01. The summed E-state index contributed by atoms with van der Waals surface area (Å²) in [5.74, 6) is -0.186. The summed E-state index contributed by atoms with van der Waals surface area (Å²) in [7, 11) is 0. The molecule has 2 fully saturated rings. The third kappa shape index (κ3) is 3.66. The fourth-order valence-corrected chi connectivity index (χ4v) is 2.66. The van der Waals surface area contributed by atoms with Crippen molar-refractivity contribution in [3.63, 3.8) is 0 Å². The average Bonchev–Trinajstić information content (AvgIpc) is 2.12. The van der Waals surface area contributed by atoms with Gasteiger partial charge in [0.2, 0.25) is 0 Å². The van der Waals surface area contributed by atoms with Crippen LogP contribution in [0.4, 0.5) is 0 Å². The van der Waals surface area contributed by atoms with Crippen LogP contribution in [0.5, 0.6) is 0 Å². The molecule has 0 aromatic rings. The Morgan fingerprint density at radius 2 is 2.12 bits per heavy atom. The molecule has 0 amide bonds. The molecule has 2 aliphatic heterocycles.